The van der Waals surface area contributed by atoms with Gasteiger partial charge in [-0.05, 0) is 28.9 Å². The summed E-state index contributed by atoms with van der Waals surface area (Å²) in [7, 11) is 0. The normalized spacial score (nSPS) is 9.80. The lowest BCUT2D eigenvalue weighted by Crippen LogP contribution is -2.08. The number of hydrogen-bond acceptors (Lipinski definition) is 2. The molecular weight excluding hydrogens is 196 g/mol. The summed E-state index contributed by atoms with van der Waals surface area (Å²) in [6.45, 7) is 1.73. The van der Waals surface area contributed by atoms with E-state index in [-0.39, 0.29) is 0 Å². The summed E-state index contributed by atoms with van der Waals surface area (Å²) in [6, 6.07) is 1.57. The average Bonchev–Trinajstić information content (AvgIpc) is 1.84. The van der Waals surface area contributed by atoms with Crippen LogP contribution in [-0.4, -0.2) is 9.94 Å². The Morgan fingerprint density at radius 3 is 2.80 bits per heavy atom. The van der Waals surface area contributed by atoms with E-state index < -0.39 is 0 Å². The molecule has 10 heavy (non-hydrogen) atoms. The van der Waals surface area contributed by atoms with Crippen LogP contribution in [0.3, 0.4) is 0 Å². The molecule has 1 heterocycles. The van der Waals surface area contributed by atoms with Crippen LogP contribution in [0, 0.1) is 12.3 Å². The number of halogens is 1. The van der Waals surface area contributed by atoms with E-state index in [1.54, 1.807) is 13.0 Å². The quantitative estimate of drug-likeness (QED) is 0.613. The molecule has 0 aliphatic carbocycles. The van der Waals surface area contributed by atoms with Gasteiger partial charge >= 0.3 is 0 Å². The van der Waals surface area contributed by atoms with Crippen molar-refractivity contribution in [3.05, 3.63) is 27.8 Å². The van der Waals surface area contributed by atoms with Gasteiger partial charge in [0.05, 0.1) is 21.7 Å². The van der Waals surface area contributed by atoms with Crippen LogP contribution in [-0.2, 0) is 0 Å². The highest BCUT2D eigenvalue weighted by molar-refractivity contribution is 9.10. The number of rotatable bonds is 0. The molecule has 1 aromatic heterocycles. The molecule has 4 heteroatoms. The van der Waals surface area contributed by atoms with Gasteiger partial charge in [-0.3, -0.25) is 5.41 Å². The fourth-order valence-electron chi connectivity index (χ4n) is 0.623. The van der Waals surface area contributed by atoms with E-state index in [0.717, 1.165) is 4.73 Å². The van der Waals surface area contributed by atoms with E-state index in [4.69, 9.17) is 10.6 Å². The van der Waals surface area contributed by atoms with Crippen molar-refractivity contribution in [1.82, 2.24) is 4.73 Å². The molecule has 0 unspecified atom stereocenters. The van der Waals surface area contributed by atoms with E-state index in [1.165, 1.54) is 6.20 Å². The van der Waals surface area contributed by atoms with Crippen LogP contribution in [0.5, 0.6) is 0 Å². The van der Waals surface area contributed by atoms with Crippen molar-refractivity contribution in [3.63, 3.8) is 0 Å². The van der Waals surface area contributed by atoms with Gasteiger partial charge in [0.15, 0.2) is 0 Å². The smallest absolute Gasteiger partial charge is 0.0716 e. The van der Waals surface area contributed by atoms with E-state index in [2.05, 4.69) is 15.9 Å². The Bertz CT molecular complexity index is 305. The Kier molecular flexibility index (Phi) is 1.80. The van der Waals surface area contributed by atoms with Crippen LogP contribution >= 0.6 is 15.9 Å². The van der Waals surface area contributed by atoms with Gasteiger partial charge in [-0.1, -0.05) is 0 Å². The third-order valence-electron chi connectivity index (χ3n) is 1.21. The number of nitrogens with one attached hydrogen (secondary N) is 1. The number of aryl methyl sites for hydroxylation is 1. The van der Waals surface area contributed by atoms with Gasteiger partial charge in [-0.2, -0.15) is 4.73 Å². The van der Waals surface area contributed by atoms with Crippen LogP contribution in [0.25, 0.3) is 0 Å². The molecule has 0 saturated carbocycles. The first-order chi connectivity index (χ1) is 4.61. The third-order valence-corrected chi connectivity index (χ3v) is 1.84. The van der Waals surface area contributed by atoms with Crippen LogP contribution < -0.4 is 5.36 Å². The summed E-state index contributed by atoms with van der Waals surface area (Å²) in [5, 5.41) is 16.7. The summed E-state index contributed by atoms with van der Waals surface area (Å²) < 4.78 is 1.56. The summed E-state index contributed by atoms with van der Waals surface area (Å²) >= 11 is 3.11. The molecule has 0 amide bonds. The fourth-order valence-corrected chi connectivity index (χ4v) is 0.931. The SMILES string of the molecule is Cc1cc(=N)c(Br)cn1O. The molecule has 0 fully saturated rings. The molecule has 1 aromatic rings. The Hall–Kier alpha value is -0.770. The topological polar surface area (TPSA) is 49.0 Å². The van der Waals surface area contributed by atoms with Crippen molar-refractivity contribution in [2.45, 2.75) is 6.92 Å². The zero-order valence-corrected chi connectivity index (χ0v) is 7.01. The number of hydrogen-bond donors (Lipinski definition) is 2. The molecular formula is C6H7BrN2O. The lowest BCUT2D eigenvalue weighted by atomic mass is 10.4. The summed E-state index contributed by atoms with van der Waals surface area (Å²) in [6.07, 6.45) is 1.44. The first kappa shape index (κ1) is 7.34. The maximum atomic E-state index is 9.03. The van der Waals surface area contributed by atoms with Gasteiger partial charge in [0, 0.05) is 0 Å². The minimum atomic E-state index is 0.378. The third kappa shape index (κ3) is 1.21. The average molecular weight is 203 g/mol. The molecule has 0 saturated heterocycles. The van der Waals surface area contributed by atoms with Gasteiger partial charge in [-0.25, -0.2) is 0 Å². The van der Waals surface area contributed by atoms with E-state index in [9.17, 15) is 0 Å². The molecule has 3 nitrogen and oxygen atoms in total. The zero-order valence-electron chi connectivity index (χ0n) is 5.43. The van der Waals surface area contributed by atoms with Crippen LogP contribution in [0.15, 0.2) is 16.7 Å². The highest BCUT2D eigenvalue weighted by atomic mass is 79.9. The highest BCUT2D eigenvalue weighted by Gasteiger charge is 1.94. The van der Waals surface area contributed by atoms with Crippen molar-refractivity contribution < 1.29 is 5.21 Å². The summed E-state index contributed by atoms with van der Waals surface area (Å²) in [5.41, 5.74) is 0.646. The molecule has 2 N–H and O–H groups in total. The van der Waals surface area contributed by atoms with E-state index >= 15 is 0 Å². The second-order valence-electron chi connectivity index (χ2n) is 2.02. The summed E-state index contributed by atoms with van der Waals surface area (Å²) in [5.74, 6) is 0. The van der Waals surface area contributed by atoms with Crippen molar-refractivity contribution in [1.29, 1.82) is 5.41 Å². The molecule has 0 bridgehead atoms. The number of aromatic nitrogens is 1. The number of nitrogens with zero attached hydrogens (tertiary/aromatic N) is 1. The minimum Gasteiger partial charge on any atom is -0.429 e. The Balaban J connectivity index is 3.43. The predicted molar refractivity (Wildman–Crippen MR) is 39.9 cm³/mol. The first-order valence-electron chi connectivity index (χ1n) is 2.74. The van der Waals surface area contributed by atoms with Crippen LogP contribution in [0.4, 0.5) is 0 Å². The molecule has 54 valence electrons. The van der Waals surface area contributed by atoms with Crippen LogP contribution in [0.2, 0.25) is 0 Å². The van der Waals surface area contributed by atoms with Gasteiger partial charge in [0.2, 0.25) is 0 Å². The lowest BCUT2D eigenvalue weighted by Gasteiger charge is -2.01. The van der Waals surface area contributed by atoms with E-state index in [1.807, 2.05) is 0 Å². The Morgan fingerprint density at radius 1 is 1.70 bits per heavy atom. The monoisotopic (exact) mass is 202 g/mol. The number of pyridine rings is 1. The molecule has 0 aliphatic rings. The maximum Gasteiger partial charge on any atom is 0.0716 e. The minimum absolute atomic E-state index is 0.378. The van der Waals surface area contributed by atoms with Gasteiger partial charge < -0.3 is 5.21 Å². The molecule has 0 aromatic carbocycles. The van der Waals surface area contributed by atoms with Crippen LogP contribution in [0.1, 0.15) is 5.69 Å². The maximum absolute atomic E-state index is 9.03. The highest BCUT2D eigenvalue weighted by Crippen LogP contribution is 2.02. The van der Waals surface area contributed by atoms with Crippen molar-refractivity contribution in [2.75, 3.05) is 0 Å². The fraction of sp³-hybridized carbons (Fsp3) is 0.167. The second kappa shape index (κ2) is 2.46. The van der Waals surface area contributed by atoms with Gasteiger partial charge in [0.25, 0.3) is 0 Å². The molecule has 1 rings (SSSR count). The first-order valence-corrected chi connectivity index (χ1v) is 3.53. The molecule has 0 aliphatic heterocycles. The molecule has 0 radical (unpaired) electrons. The zero-order chi connectivity index (χ0) is 7.72. The van der Waals surface area contributed by atoms with Crippen molar-refractivity contribution >= 4 is 15.9 Å². The van der Waals surface area contributed by atoms with Gasteiger partial charge in [0.1, 0.15) is 0 Å². The van der Waals surface area contributed by atoms with Gasteiger partial charge in [-0.15, -0.1) is 0 Å². The summed E-state index contributed by atoms with van der Waals surface area (Å²) in [4.78, 5) is 0. The van der Waals surface area contributed by atoms with E-state index in [0.29, 0.717) is 15.5 Å². The standard InChI is InChI=1S/C6H7BrN2O/c1-4-2-6(8)5(7)3-9(4)10/h2-3,8,10H,1H3. The predicted octanol–water partition coefficient (Wildman–Crippen LogP) is 1.28. The largest absolute Gasteiger partial charge is 0.429 e. The Morgan fingerprint density at radius 2 is 2.30 bits per heavy atom. The van der Waals surface area contributed by atoms with Crippen molar-refractivity contribution in [2.24, 2.45) is 0 Å². The second-order valence-corrected chi connectivity index (χ2v) is 2.88. The molecule has 0 spiro atoms. The van der Waals surface area contributed by atoms with Crippen molar-refractivity contribution in [3.8, 4) is 0 Å². The molecule has 0 atom stereocenters. The Labute approximate surface area is 66.5 Å². The lowest BCUT2D eigenvalue weighted by molar-refractivity contribution is 0.176.